The van der Waals surface area contributed by atoms with E-state index in [2.05, 4.69) is 17.3 Å². The van der Waals surface area contributed by atoms with Gasteiger partial charge in [0, 0.05) is 26.2 Å². The van der Waals surface area contributed by atoms with Gasteiger partial charge in [0.05, 0.1) is 16.4 Å². The first-order chi connectivity index (χ1) is 7.56. The molecule has 1 atom stereocenters. The van der Waals surface area contributed by atoms with Crippen LogP contribution in [0.4, 0.5) is 0 Å². The van der Waals surface area contributed by atoms with Crippen molar-refractivity contribution in [3.63, 3.8) is 0 Å². The van der Waals surface area contributed by atoms with E-state index in [1.807, 2.05) is 18.7 Å². The van der Waals surface area contributed by atoms with Crippen molar-refractivity contribution < 1.29 is 5.11 Å². The minimum absolute atomic E-state index is 0.248. The molecule has 0 aliphatic heterocycles. The van der Waals surface area contributed by atoms with E-state index < -0.39 is 0 Å². The van der Waals surface area contributed by atoms with Gasteiger partial charge in [-0.15, -0.1) is 0 Å². The lowest BCUT2D eigenvalue weighted by Gasteiger charge is -2.13. The second kappa shape index (κ2) is 6.23. The van der Waals surface area contributed by atoms with Crippen LogP contribution in [0.15, 0.2) is 0 Å². The molecular formula is C11H20ClN3O. The molecule has 0 fully saturated rings. The van der Waals surface area contributed by atoms with Crippen molar-refractivity contribution in [2.75, 3.05) is 6.61 Å². The molecule has 1 rings (SSSR count). The average Bonchev–Trinajstić information content (AvgIpc) is 2.48. The Kier molecular flexibility index (Phi) is 5.25. The van der Waals surface area contributed by atoms with Crippen LogP contribution in [0.2, 0.25) is 5.02 Å². The predicted molar refractivity (Wildman–Crippen MR) is 65.6 cm³/mol. The molecular weight excluding hydrogens is 226 g/mol. The molecule has 0 aromatic carbocycles. The van der Waals surface area contributed by atoms with E-state index in [0.717, 1.165) is 29.3 Å². The van der Waals surface area contributed by atoms with Crippen molar-refractivity contribution in [1.29, 1.82) is 0 Å². The summed E-state index contributed by atoms with van der Waals surface area (Å²) in [6.45, 7) is 4.97. The van der Waals surface area contributed by atoms with Gasteiger partial charge in [-0.05, 0) is 26.7 Å². The van der Waals surface area contributed by atoms with Crippen LogP contribution < -0.4 is 5.32 Å². The Morgan fingerprint density at radius 1 is 1.56 bits per heavy atom. The number of rotatable bonds is 6. The molecule has 5 heteroatoms. The summed E-state index contributed by atoms with van der Waals surface area (Å²) in [5.74, 6) is 0. The topological polar surface area (TPSA) is 50.1 Å². The lowest BCUT2D eigenvalue weighted by molar-refractivity contribution is 0.276. The van der Waals surface area contributed by atoms with Crippen LogP contribution in [-0.2, 0) is 13.6 Å². The van der Waals surface area contributed by atoms with Gasteiger partial charge in [0.1, 0.15) is 0 Å². The highest BCUT2D eigenvalue weighted by Crippen LogP contribution is 2.19. The standard InChI is InChI=1S/C11H20ClN3O/c1-8(5-4-6-16)13-7-10-11(12)9(2)14-15(10)3/h8,13,16H,4-7H2,1-3H3. The van der Waals surface area contributed by atoms with E-state index in [0.29, 0.717) is 12.6 Å². The molecule has 0 amide bonds. The molecule has 1 unspecified atom stereocenters. The number of hydrogen-bond acceptors (Lipinski definition) is 3. The summed E-state index contributed by atoms with van der Waals surface area (Å²) in [4.78, 5) is 0. The molecule has 4 nitrogen and oxygen atoms in total. The van der Waals surface area contributed by atoms with Crippen molar-refractivity contribution in [3.8, 4) is 0 Å². The molecule has 16 heavy (non-hydrogen) atoms. The summed E-state index contributed by atoms with van der Waals surface area (Å²) in [6, 6.07) is 0.374. The molecule has 0 radical (unpaired) electrons. The zero-order valence-electron chi connectivity index (χ0n) is 10.1. The number of nitrogens with one attached hydrogen (secondary N) is 1. The number of nitrogens with zero attached hydrogens (tertiary/aromatic N) is 2. The van der Waals surface area contributed by atoms with Gasteiger partial charge in [0.25, 0.3) is 0 Å². The smallest absolute Gasteiger partial charge is 0.0860 e. The number of aromatic nitrogens is 2. The third kappa shape index (κ3) is 3.47. The van der Waals surface area contributed by atoms with Crippen LogP contribution >= 0.6 is 11.6 Å². The molecule has 92 valence electrons. The number of hydrogen-bond donors (Lipinski definition) is 2. The number of aliphatic hydroxyl groups excluding tert-OH is 1. The fourth-order valence-electron chi connectivity index (χ4n) is 1.64. The lowest BCUT2D eigenvalue weighted by Crippen LogP contribution is -2.26. The van der Waals surface area contributed by atoms with Crippen LogP contribution in [0.1, 0.15) is 31.2 Å². The minimum atomic E-state index is 0.248. The van der Waals surface area contributed by atoms with Gasteiger partial charge >= 0.3 is 0 Å². The summed E-state index contributed by atoms with van der Waals surface area (Å²) in [6.07, 6.45) is 1.79. The van der Waals surface area contributed by atoms with Crippen molar-refractivity contribution in [1.82, 2.24) is 15.1 Å². The van der Waals surface area contributed by atoms with Crippen LogP contribution in [0.25, 0.3) is 0 Å². The molecule has 1 heterocycles. The first kappa shape index (κ1) is 13.5. The van der Waals surface area contributed by atoms with Crippen molar-refractivity contribution in [2.45, 2.75) is 39.3 Å². The third-order valence-corrected chi connectivity index (χ3v) is 3.17. The molecule has 0 saturated heterocycles. The van der Waals surface area contributed by atoms with E-state index in [9.17, 15) is 0 Å². The molecule has 0 aliphatic rings. The van der Waals surface area contributed by atoms with Gasteiger partial charge < -0.3 is 10.4 Å². The number of halogens is 1. The fraction of sp³-hybridized carbons (Fsp3) is 0.727. The highest BCUT2D eigenvalue weighted by atomic mass is 35.5. The van der Waals surface area contributed by atoms with Gasteiger partial charge in [-0.1, -0.05) is 11.6 Å². The third-order valence-electron chi connectivity index (χ3n) is 2.67. The Hall–Kier alpha value is -0.580. The summed E-state index contributed by atoms with van der Waals surface area (Å²) in [5.41, 5.74) is 1.87. The lowest BCUT2D eigenvalue weighted by atomic mass is 10.2. The fourth-order valence-corrected chi connectivity index (χ4v) is 1.87. The highest BCUT2D eigenvalue weighted by Gasteiger charge is 2.11. The molecule has 1 aromatic rings. The summed E-state index contributed by atoms with van der Waals surface area (Å²) in [5, 5.41) is 17.1. The van der Waals surface area contributed by atoms with E-state index >= 15 is 0 Å². The summed E-state index contributed by atoms with van der Waals surface area (Å²) in [7, 11) is 1.90. The van der Waals surface area contributed by atoms with Gasteiger partial charge in [0.15, 0.2) is 0 Å². The van der Waals surface area contributed by atoms with E-state index in [-0.39, 0.29) is 6.61 Å². The first-order valence-electron chi connectivity index (χ1n) is 5.58. The Bertz CT molecular complexity index is 338. The Balaban J connectivity index is 2.48. The maximum atomic E-state index is 8.73. The molecule has 0 aliphatic carbocycles. The zero-order chi connectivity index (χ0) is 12.1. The molecule has 0 spiro atoms. The quantitative estimate of drug-likeness (QED) is 0.801. The van der Waals surface area contributed by atoms with Crippen molar-refractivity contribution in [3.05, 3.63) is 16.4 Å². The van der Waals surface area contributed by atoms with Crippen LogP contribution in [0.3, 0.4) is 0 Å². The second-order valence-electron chi connectivity index (χ2n) is 4.12. The minimum Gasteiger partial charge on any atom is -0.396 e. The molecule has 2 N–H and O–H groups in total. The van der Waals surface area contributed by atoms with Crippen LogP contribution in [0.5, 0.6) is 0 Å². The van der Waals surface area contributed by atoms with Gasteiger partial charge in [-0.3, -0.25) is 4.68 Å². The Labute approximate surface area is 102 Å². The van der Waals surface area contributed by atoms with Crippen molar-refractivity contribution >= 4 is 11.6 Å². The number of aryl methyl sites for hydroxylation is 2. The van der Waals surface area contributed by atoms with Gasteiger partial charge in [0.2, 0.25) is 0 Å². The molecule has 1 aromatic heterocycles. The normalized spacial score (nSPS) is 13.1. The van der Waals surface area contributed by atoms with E-state index in [1.54, 1.807) is 0 Å². The first-order valence-corrected chi connectivity index (χ1v) is 5.96. The molecule has 0 bridgehead atoms. The number of aliphatic hydroxyl groups is 1. The monoisotopic (exact) mass is 245 g/mol. The summed E-state index contributed by atoms with van der Waals surface area (Å²) >= 11 is 6.14. The Morgan fingerprint density at radius 2 is 2.25 bits per heavy atom. The summed E-state index contributed by atoms with van der Waals surface area (Å²) < 4.78 is 1.81. The van der Waals surface area contributed by atoms with Gasteiger partial charge in [-0.25, -0.2) is 0 Å². The largest absolute Gasteiger partial charge is 0.396 e. The average molecular weight is 246 g/mol. The van der Waals surface area contributed by atoms with Crippen LogP contribution in [0, 0.1) is 6.92 Å². The maximum absolute atomic E-state index is 8.73. The van der Waals surface area contributed by atoms with E-state index in [1.165, 1.54) is 0 Å². The predicted octanol–water partition coefficient (Wildman–Crippen LogP) is 1.63. The van der Waals surface area contributed by atoms with Crippen molar-refractivity contribution in [2.24, 2.45) is 7.05 Å². The van der Waals surface area contributed by atoms with Crippen LogP contribution in [-0.4, -0.2) is 27.5 Å². The second-order valence-corrected chi connectivity index (χ2v) is 4.50. The zero-order valence-corrected chi connectivity index (χ0v) is 10.9. The SMILES string of the molecule is Cc1nn(C)c(CNC(C)CCCO)c1Cl. The Morgan fingerprint density at radius 3 is 2.75 bits per heavy atom. The molecule has 0 saturated carbocycles. The highest BCUT2D eigenvalue weighted by molar-refractivity contribution is 6.31. The van der Waals surface area contributed by atoms with E-state index in [4.69, 9.17) is 16.7 Å². The van der Waals surface area contributed by atoms with Gasteiger partial charge in [-0.2, -0.15) is 5.10 Å². The maximum Gasteiger partial charge on any atom is 0.0860 e.